The fourth-order valence-electron chi connectivity index (χ4n) is 1.56. The molecule has 94 valence electrons. The van der Waals surface area contributed by atoms with Crippen LogP contribution in [-0.2, 0) is 5.41 Å². The van der Waals surface area contributed by atoms with Crippen LogP contribution in [0.2, 0.25) is 5.15 Å². The molecule has 0 aliphatic carbocycles. The first-order valence-electron chi connectivity index (χ1n) is 5.67. The van der Waals surface area contributed by atoms with E-state index in [-0.39, 0.29) is 11.2 Å². The second kappa shape index (κ2) is 4.65. The van der Waals surface area contributed by atoms with Gasteiger partial charge in [-0.3, -0.25) is 0 Å². The lowest BCUT2D eigenvalue weighted by Crippen LogP contribution is -2.14. The maximum absolute atomic E-state index is 13.2. The Morgan fingerprint density at radius 2 is 1.83 bits per heavy atom. The van der Waals surface area contributed by atoms with Crippen molar-refractivity contribution in [3.63, 3.8) is 0 Å². The number of nitrogens with zero attached hydrogens (tertiary/aromatic N) is 2. The summed E-state index contributed by atoms with van der Waals surface area (Å²) in [5.41, 5.74) is 1.33. The van der Waals surface area contributed by atoms with Crippen molar-refractivity contribution in [1.29, 1.82) is 0 Å². The van der Waals surface area contributed by atoms with Crippen LogP contribution in [0.3, 0.4) is 0 Å². The summed E-state index contributed by atoms with van der Waals surface area (Å²) in [5.74, 6) is 0.139. The Morgan fingerprint density at radius 3 is 2.44 bits per heavy atom. The molecular weight excluding hydrogens is 251 g/mol. The van der Waals surface area contributed by atoms with E-state index < -0.39 is 0 Å². The van der Waals surface area contributed by atoms with Crippen LogP contribution in [0.5, 0.6) is 0 Å². The Hall–Kier alpha value is -1.48. The lowest BCUT2D eigenvalue weighted by atomic mass is 9.92. The van der Waals surface area contributed by atoms with E-state index in [2.05, 4.69) is 9.97 Å². The summed E-state index contributed by atoms with van der Waals surface area (Å²) in [7, 11) is 0. The third-order valence-electron chi connectivity index (χ3n) is 2.55. The number of halogens is 2. The highest BCUT2D eigenvalue weighted by Crippen LogP contribution is 2.25. The molecule has 0 aliphatic rings. The van der Waals surface area contributed by atoms with Gasteiger partial charge in [-0.25, -0.2) is 14.4 Å². The SMILES string of the molecule is CC(C)(C)c1cc(Cl)nc(-c2cccc(F)c2)n1. The van der Waals surface area contributed by atoms with Crippen LogP contribution in [0.4, 0.5) is 4.39 Å². The minimum Gasteiger partial charge on any atom is -0.232 e. The molecular formula is C14H14ClFN2. The van der Waals surface area contributed by atoms with E-state index in [4.69, 9.17) is 11.6 Å². The van der Waals surface area contributed by atoms with Gasteiger partial charge in [0.05, 0.1) is 5.69 Å². The summed E-state index contributed by atoms with van der Waals surface area (Å²) in [6.45, 7) is 6.13. The molecule has 4 heteroatoms. The Bertz CT molecular complexity index is 576. The average Bonchev–Trinajstić information content (AvgIpc) is 2.27. The molecule has 1 aromatic carbocycles. The fourth-order valence-corrected chi connectivity index (χ4v) is 1.74. The van der Waals surface area contributed by atoms with E-state index in [0.29, 0.717) is 16.5 Å². The average molecular weight is 265 g/mol. The maximum Gasteiger partial charge on any atom is 0.161 e. The Balaban J connectivity index is 2.55. The molecule has 0 saturated carbocycles. The summed E-state index contributed by atoms with van der Waals surface area (Å²) < 4.78 is 13.2. The quantitative estimate of drug-likeness (QED) is 0.720. The van der Waals surface area contributed by atoms with Crippen LogP contribution in [0.15, 0.2) is 30.3 Å². The van der Waals surface area contributed by atoms with E-state index in [1.807, 2.05) is 20.8 Å². The molecule has 0 spiro atoms. The molecule has 0 aliphatic heterocycles. The molecule has 0 unspecified atom stereocenters. The molecule has 2 aromatic rings. The second-order valence-corrected chi connectivity index (χ2v) is 5.55. The number of benzene rings is 1. The second-order valence-electron chi connectivity index (χ2n) is 5.16. The molecule has 1 heterocycles. The first kappa shape index (κ1) is 13.0. The van der Waals surface area contributed by atoms with Gasteiger partial charge in [-0.2, -0.15) is 0 Å². The zero-order chi connectivity index (χ0) is 13.3. The lowest BCUT2D eigenvalue weighted by Gasteiger charge is -2.18. The van der Waals surface area contributed by atoms with Crippen LogP contribution < -0.4 is 0 Å². The summed E-state index contributed by atoms with van der Waals surface area (Å²) >= 11 is 6.00. The van der Waals surface area contributed by atoms with Crippen molar-refractivity contribution in [3.05, 3.63) is 47.0 Å². The molecule has 0 amide bonds. The summed E-state index contributed by atoms with van der Waals surface area (Å²) in [6, 6.07) is 7.92. The molecule has 0 fully saturated rings. The topological polar surface area (TPSA) is 25.8 Å². The molecule has 0 bridgehead atoms. The largest absolute Gasteiger partial charge is 0.232 e. The number of hydrogen-bond donors (Lipinski definition) is 0. The zero-order valence-electron chi connectivity index (χ0n) is 10.5. The molecule has 2 rings (SSSR count). The van der Waals surface area contributed by atoms with Gasteiger partial charge in [0, 0.05) is 11.0 Å². The highest BCUT2D eigenvalue weighted by molar-refractivity contribution is 6.29. The minimum atomic E-state index is -0.312. The van der Waals surface area contributed by atoms with Crippen LogP contribution in [0, 0.1) is 5.82 Å². The smallest absolute Gasteiger partial charge is 0.161 e. The lowest BCUT2D eigenvalue weighted by molar-refractivity contribution is 0.568. The van der Waals surface area contributed by atoms with Crippen molar-refractivity contribution in [2.45, 2.75) is 26.2 Å². The van der Waals surface area contributed by atoms with Gasteiger partial charge in [-0.05, 0) is 18.2 Å². The highest BCUT2D eigenvalue weighted by Gasteiger charge is 2.18. The van der Waals surface area contributed by atoms with Crippen LogP contribution >= 0.6 is 11.6 Å². The van der Waals surface area contributed by atoms with Gasteiger partial charge in [0.1, 0.15) is 11.0 Å². The molecule has 0 N–H and O–H groups in total. The van der Waals surface area contributed by atoms with Crippen molar-refractivity contribution in [2.24, 2.45) is 0 Å². The van der Waals surface area contributed by atoms with Crippen molar-refractivity contribution in [2.75, 3.05) is 0 Å². The number of hydrogen-bond acceptors (Lipinski definition) is 2. The van der Waals surface area contributed by atoms with Gasteiger partial charge in [0.2, 0.25) is 0 Å². The minimum absolute atomic E-state index is 0.130. The van der Waals surface area contributed by atoms with Crippen LogP contribution in [-0.4, -0.2) is 9.97 Å². The van der Waals surface area contributed by atoms with Gasteiger partial charge in [0.15, 0.2) is 5.82 Å². The molecule has 0 saturated heterocycles. The third kappa shape index (κ3) is 2.85. The molecule has 0 atom stereocenters. The van der Waals surface area contributed by atoms with Crippen molar-refractivity contribution in [1.82, 2.24) is 9.97 Å². The predicted molar refractivity (Wildman–Crippen MR) is 71.1 cm³/mol. The molecule has 1 aromatic heterocycles. The molecule has 0 radical (unpaired) electrons. The monoisotopic (exact) mass is 264 g/mol. The van der Waals surface area contributed by atoms with E-state index in [1.165, 1.54) is 12.1 Å². The summed E-state index contributed by atoms with van der Waals surface area (Å²) in [5, 5.41) is 0.370. The van der Waals surface area contributed by atoms with Gasteiger partial charge < -0.3 is 0 Å². The predicted octanol–water partition coefficient (Wildman–Crippen LogP) is 4.23. The standard InChI is InChI=1S/C14H14ClFN2/c1-14(2,3)11-8-12(15)18-13(17-11)9-5-4-6-10(16)7-9/h4-8H,1-3H3. The Kier molecular flexibility index (Phi) is 3.35. The Labute approximate surface area is 111 Å². The van der Waals surface area contributed by atoms with Gasteiger partial charge in [-0.1, -0.05) is 44.5 Å². The normalized spacial score (nSPS) is 11.6. The zero-order valence-corrected chi connectivity index (χ0v) is 11.3. The maximum atomic E-state index is 13.2. The van der Waals surface area contributed by atoms with E-state index >= 15 is 0 Å². The van der Waals surface area contributed by atoms with Crippen molar-refractivity contribution in [3.8, 4) is 11.4 Å². The Morgan fingerprint density at radius 1 is 1.11 bits per heavy atom. The van der Waals surface area contributed by atoms with E-state index in [1.54, 1.807) is 18.2 Å². The molecule has 18 heavy (non-hydrogen) atoms. The van der Waals surface area contributed by atoms with Crippen molar-refractivity contribution < 1.29 is 4.39 Å². The first-order valence-corrected chi connectivity index (χ1v) is 6.05. The third-order valence-corrected chi connectivity index (χ3v) is 2.74. The summed E-state index contributed by atoms with van der Waals surface area (Å²) in [4.78, 5) is 8.60. The number of aromatic nitrogens is 2. The van der Waals surface area contributed by atoms with Gasteiger partial charge in [0.25, 0.3) is 0 Å². The number of rotatable bonds is 1. The van der Waals surface area contributed by atoms with Crippen molar-refractivity contribution >= 4 is 11.6 Å². The van der Waals surface area contributed by atoms with Crippen LogP contribution in [0.1, 0.15) is 26.5 Å². The fraction of sp³-hybridized carbons (Fsp3) is 0.286. The highest BCUT2D eigenvalue weighted by atomic mass is 35.5. The summed E-state index contributed by atoms with van der Waals surface area (Å²) in [6.07, 6.45) is 0. The first-order chi connectivity index (χ1) is 8.36. The van der Waals surface area contributed by atoms with Gasteiger partial charge in [-0.15, -0.1) is 0 Å². The van der Waals surface area contributed by atoms with E-state index in [0.717, 1.165) is 5.69 Å². The van der Waals surface area contributed by atoms with Crippen LogP contribution in [0.25, 0.3) is 11.4 Å². The molecule has 2 nitrogen and oxygen atoms in total. The van der Waals surface area contributed by atoms with E-state index in [9.17, 15) is 4.39 Å². The van der Waals surface area contributed by atoms with Gasteiger partial charge >= 0.3 is 0 Å².